The Hall–Kier alpha value is -1.76. The fourth-order valence-corrected chi connectivity index (χ4v) is 1.20. The molecule has 0 saturated carbocycles. The number of hydrogen-bond donors (Lipinski definition) is 2. The highest BCUT2D eigenvalue weighted by Gasteiger charge is 2.28. The van der Waals surface area contributed by atoms with Gasteiger partial charge in [0.05, 0.1) is 5.54 Å². The average molecular weight is 290 g/mol. The van der Waals surface area contributed by atoms with Gasteiger partial charge in [0.2, 0.25) is 5.91 Å². The molecule has 2 N–H and O–H groups in total. The van der Waals surface area contributed by atoms with E-state index in [2.05, 4.69) is 15.4 Å². The lowest BCUT2D eigenvalue weighted by molar-refractivity contribution is -0.153. The van der Waals surface area contributed by atoms with Crippen molar-refractivity contribution in [1.29, 1.82) is 0 Å². The zero-order valence-electron chi connectivity index (χ0n) is 11.5. The number of ether oxygens (including phenoxy) is 1. The van der Waals surface area contributed by atoms with Gasteiger partial charge in [0.15, 0.2) is 6.61 Å². The summed E-state index contributed by atoms with van der Waals surface area (Å²) in [6, 6.07) is 5.70. The molecule has 20 heavy (non-hydrogen) atoms. The van der Waals surface area contributed by atoms with Crippen LogP contribution < -0.4 is 15.4 Å². The summed E-state index contributed by atoms with van der Waals surface area (Å²) in [7, 11) is 1.66. The van der Waals surface area contributed by atoms with Crippen LogP contribution in [0.4, 0.5) is 18.9 Å². The molecule has 0 aromatic heterocycles. The molecule has 0 atom stereocenters. The molecule has 0 aliphatic rings. The average Bonchev–Trinajstić information content (AvgIpc) is 2.37. The number of carbonyl (C=O) groups is 1. The van der Waals surface area contributed by atoms with E-state index in [0.29, 0.717) is 5.69 Å². The van der Waals surface area contributed by atoms with Gasteiger partial charge in [0.1, 0.15) is 5.75 Å². The second-order valence-electron chi connectivity index (χ2n) is 4.76. The van der Waals surface area contributed by atoms with Crippen LogP contribution in [0.25, 0.3) is 0 Å². The molecule has 0 heterocycles. The van der Waals surface area contributed by atoms with Crippen LogP contribution in [-0.2, 0) is 4.79 Å². The Morgan fingerprint density at radius 1 is 1.20 bits per heavy atom. The van der Waals surface area contributed by atoms with Crippen molar-refractivity contribution in [3.8, 4) is 5.75 Å². The van der Waals surface area contributed by atoms with E-state index in [1.807, 2.05) is 0 Å². The molecule has 0 unspecified atom stereocenters. The SMILES string of the molecule is CNC(C)(C)C(=O)Nc1ccc(OCC(F)(F)F)cc1. The highest BCUT2D eigenvalue weighted by molar-refractivity contribution is 5.97. The molecule has 1 rings (SSSR count). The number of halogens is 3. The maximum Gasteiger partial charge on any atom is 0.422 e. The maximum absolute atomic E-state index is 12.0. The standard InChI is InChI=1S/C13H17F3N2O2/c1-12(2,17-3)11(19)18-9-4-6-10(7-5-9)20-8-13(14,15)16/h4-7,17H,8H2,1-3H3,(H,18,19). The Morgan fingerprint density at radius 3 is 2.20 bits per heavy atom. The van der Waals surface area contributed by atoms with Gasteiger partial charge in [-0.3, -0.25) is 4.79 Å². The highest BCUT2D eigenvalue weighted by atomic mass is 19.4. The Labute approximate surface area is 115 Å². The summed E-state index contributed by atoms with van der Waals surface area (Å²) in [5.41, 5.74) is -0.261. The minimum Gasteiger partial charge on any atom is -0.484 e. The molecule has 0 spiro atoms. The van der Waals surface area contributed by atoms with Crippen LogP contribution >= 0.6 is 0 Å². The predicted molar refractivity (Wildman–Crippen MR) is 69.8 cm³/mol. The minimum atomic E-state index is -4.37. The molecule has 0 aliphatic heterocycles. The van der Waals surface area contributed by atoms with Crippen molar-refractivity contribution in [2.45, 2.75) is 25.6 Å². The lowest BCUT2D eigenvalue weighted by Gasteiger charge is -2.22. The first-order valence-corrected chi connectivity index (χ1v) is 5.94. The summed E-state index contributed by atoms with van der Waals surface area (Å²) >= 11 is 0. The first-order chi connectivity index (χ1) is 9.14. The molecule has 4 nitrogen and oxygen atoms in total. The van der Waals surface area contributed by atoms with Crippen molar-refractivity contribution in [2.24, 2.45) is 0 Å². The minimum absolute atomic E-state index is 0.0909. The summed E-state index contributed by atoms with van der Waals surface area (Å²) in [5.74, 6) is -0.155. The first-order valence-electron chi connectivity index (χ1n) is 5.94. The maximum atomic E-state index is 12.0. The van der Waals surface area contributed by atoms with Crippen LogP contribution in [0, 0.1) is 0 Å². The van der Waals surface area contributed by atoms with Gasteiger partial charge >= 0.3 is 6.18 Å². The van der Waals surface area contributed by atoms with Gasteiger partial charge in [-0.05, 0) is 45.2 Å². The summed E-state index contributed by atoms with van der Waals surface area (Å²) in [5, 5.41) is 5.50. The van der Waals surface area contributed by atoms with E-state index in [1.54, 1.807) is 20.9 Å². The molecular formula is C13H17F3N2O2. The number of hydrogen-bond acceptors (Lipinski definition) is 3. The number of carbonyl (C=O) groups excluding carboxylic acids is 1. The number of amides is 1. The monoisotopic (exact) mass is 290 g/mol. The van der Waals surface area contributed by atoms with Crippen molar-refractivity contribution in [3.05, 3.63) is 24.3 Å². The molecule has 0 radical (unpaired) electrons. The van der Waals surface area contributed by atoms with Crippen LogP contribution in [0.3, 0.4) is 0 Å². The summed E-state index contributed by atoms with van der Waals surface area (Å²) in [4.78, 5) is 11.9. The molecule has 1 aromatic carbocycles. The van der Waals surface area contributed by atoms with Gasteiger partial charge in [0.25, 0.3) is 0 Å². The van der Waals surface area contributed by atoms with Crippen molar-refractivity contribution in [3.63, 3.8) is 0 Å². The number of alkyl halides is 3. The summed E-state index contributed by atoms with van der Waals surface area (Å²) in [6.45, 7) is 2.08. The van der Waals surface area contributed by atoms with Crippen LogP contribution in [0.2, 0.25) is 0 Å². The smallest absolute Gasteiger partial charge is 0.422 e. The van der Waals surface area contributed by atoms with Crippen LogP contribution in [0.5, 0.6) is 5.75 Å². The zero-order valence-corrected chi connectivity index (χ0v) is 11.5. The van der Waals surface area contributed by atoms with Crippen LogP contribution in [0.15, 0.2) is 24.3 Å². The molecule has 112 valence electrons. The summed E-state index contributed by atoms with van der Waals surface area (Å²) < 4.78 is 40.5. The number of likely N-dealkylation sites (N-methyl/N-ethyl adjacent to an activating group) is 1. The van der Waals surface area contributed by atoms with E-state index in [1.165, 1.54) is 24.3 Å². The predicted octanol–water partition coefficient (Wildman–Crippen LogP) is 2.56. The third-order valence-corrected chi connectivity index (χ3v) is 2.71. The lowest BCUT2D eigenvalue weighted by Crippen LogP contribution is -2.47. The van der Waals surface area contributed by atoms with E-state index in [0.717, 1.165) is 0 Å². The summed E-state index contributed by atoms with van der Waals surface area (Å²) in [6.07, 6.45) is -4.37. The van der Waals surface area contributed by atoms with E-state index >= 15 is 0 Å². The molecule has 0 bridgehead atoms. The quantitative estimate of drug-likeness (QED) is 0.876. The van der Waals surface area contributed by atoms with E-state index in [-0.39, 0.29) is 11.7 Å². The van der Waals surface area contributed by atoms with Gasteiger partial charge in [-0.1, -0.05) is 0 Å². The van der Waals surface area contributed by atoms with Crippen molar-refractivity contribution in [1.82, 2.24) is 5.32 Å². The van der Waals surface area contributed by atoms with E-state index < -0.39 is 18.3 Å². The van der Waals surface area contributed by atoms with Crippen molar-refractivity contribution in [2.75, 3.05) is 19.0 Å². The fourth-order valence-electron chi connectivity index (χ4n) is 1.20. The second kappa shape index (κ2) is 6.13. The second-order valence-corrected chi connectivity index (χ2v) is 4.76. The van der Waals surface area contributed by atoms with E-state index in [4.69, 9.17) is 0 Å². The topological polar surface area (TPSA) is 50.4 Å². The van der Waals surface area contributed by atoms with Gasteiger partial charge in [-0.25, -0.2) is 0 Å². The Balaban J connectivity index is 2.61. The van der Waals surface area contributed by atoms with Gasteiger partial charge in [-0.15, -0.1) is 0 Å². The Kier molecular flexibility index (Phi) is 4.99. The molecular weight excluding hydrogens is 273 g/mol. The number of rotatable bonds is 5. The normalized spacial score (nSPS) is 12.1. The van der Waals surface area contributed by atoms with Gasteiger partial charge in [-0.2, -0.15) is 13.2 Å². The van der Waals surface area contributed by atoms with Crippen molar-refractivity contribution < 1.29 is 22.7 Å². The highest BCUT2D eigenvalue weighted by Crippen LogP contribution is 2.20. The third-order valence-electron chi connectivity index (χ3n) is 2.71. The van der Waals surface area contributed by atoms with E-state index in [9.17, 15) is 18.0 Å². The molecule has 0 aliphatic carbocycles. The van der Waals surface area contributed by atoms with Crippen molar-refractivity contribution >= 4 is 11.6 Å². The van der Waals surface area contributed by atoms with Gasteiger partial charge in [0, 0.05) is 5.69 Å². The third kappa shape index (κ3) is 5.08. The lowest BCUT2D eigenvalue weighted by atomic mass is 10.1. The number of anilines is 1. The molecule has 1 aromatic rings. The number of benzene rings is 1. The molecule has 1 amide bonds. The van der Waals surface area contributed by atoms with Gasteiger partial charge < -0.3 is 15.4 Å². The largest absolute Gasteiger partial charge is 0.484 e. The fraction of sp³-hybridized carbons (Fsp3) is 0.462. The zero-order chi connectivity index (χ0) is 15.4. The Morgan fingerprint density at radius 2 is 1.75 bits per heavy atom. The van der Waals surface area contributed by atoms with Crippen LogP contribution in [-0.4, -0.2) is 31.3 Å². The molecule has 7 heteroatoms. The number of nitrogens with one attached hydrogen (secondary N) is 2. The first kappa shape index (κ1) is 16.3. The van der Waals surface area contributed by atoms with Crippen LogP contribution in [0.1, 0.15) is 13.8 Å². The molecule has 0 fully saturated rings. The molecule has 0 saturated heterocycles. The Bertz CT molecular complexity index is 456.